The molecule has 1 heterocycles. The van der Waals surface area contributed by atoms with Crippen molar-refractivity contribution >= 4 is 34.8 Å². The van der Waals surface area contributed by atoms with Gasteiger partial charge in [0.15, 0.2) is 5.76 Å². The summed E-state index contributed by atoms with van der Waals surface area (Å²) in [6, 6.07) is 11.9. The highest BCUT2D eigenvalue weighted by atomic mass is 35.5. The van der Waals surface area contributed by atoms with Crippen LogP contribution < -0.4 is 0 Å². The summed E-state index contributed by atoms with van der Waals surface area (Å²) in [5.74, 6) is 0.395. The van der Waals surface area contributed by atoms with Crippen molar-refractivity contribution in [1.29, 1.82) is 0 Å². The van der Waals surface area contributed by atoms with Gasteiger partial charge in [0.25, 0.3) is 0 Å². The van der Waals surface area contributed by atoms with E-state index in [4.69, 9.17) is 39.3 Å². The molecule has 0 bridgehead atoms. The van der Waals surface area contributed by atoms with Crippen molar-refractivity contribution in [1.82, 2.24) is 5.16 Å². The second-order valence-electron chi connectivity index (χ2n) is 4.34. The van der Waals surface area contributed by atoms with Gasteiger partial charge in [-0.3, -0.25) is 0 Å². The number of nitrogens with zero attached hydrogens (tertiary/aromatic N) is 1. The third-order valence-electron chi connectivity index (χ3n) is 2.95. The van der Waals surface area contributed by atoms with E-state index < -0.39 is 0 Å². The molecule has 0 amide bonds. The van der Waals surface area contributed by atoms with Gasteiger partial charge in [0.05, 0.1) is 10.0 Å². The van der Waals surface area contributed by atoms with Crippen LogP contribution in [0.1, 0.15) is 0 Å². The van der Waals surface area contributed by atoms with Gasteiger partial charge in [-0.05, 0) is 24.3 Å². The molecule has 106 valence electrons. The fourth-order valence-electron chi connectivity index (χ4n) is 1.95. The Kier molecular flexibility index (Phi) is 3.81. The summed E-state index contributed by atoms with van der Waals surface area (Å²) in [5.41, 5.74) is 1.53. The van der Waals surface area contributed by atoms with E-state index in [1.54, 1.807) is 18.2 Å². The Balaban J connectivity index is 2.09. The van der Waals surface area contributed by atoms with Crippen LogP contribution in [0, 0.1) is 0 Å². The number of phenols is 1. The fourth-order valence-corrected chi connectivity index (χ4v) is 2.67. The summed E-state index contributed by atoms with van der Waals surface area (Å²) >= 11 is 18.0. The predicted molar refractivity (Wildman–Crippen MR) is 84.1 cm³/mol. The maximum atomic E-state index is 10.0. The van der Waals surface area contributed by atoms with E-state index in [0.717, 1.165) is 0 Å². The van der Waals surface area contributed by atoms with Crippen molar-refractivity contribution in [3.8, 4) is 28.3 Å². The molecule has 0 aliphatic heterocycles. The molecular formula is C15H8Cl3NO2. The van der Waals surface area contributed by atoms with E-state index in [9.17, 15) is 5.11 Å². The van der Waals surface area contributed by atoms with Crippen LogP contribution in [-0.2, 0) is 0 Å². The van der Waals surface area contributed by atoms with Crippen LogP contribution in [0.3, 0.4) is 0 Å². The SMILES string of the molecule is Oc1c(Cl)cc(Cl)cc1-c1cc(-c2ccccc2Cl)on1. The Labute approximate surface area is 135 Å². The Bertz CT molecular complexity index is 814. The molecule has 0 saturated heterocycles. The normalized spacial score (nSPS) is 10.8. The topological polar surface area (TPSA) is 46.3 Å². The highest BCUT2D eigenvalue weighted by Gasteiger charge is 2.16. The van der Waals surface area contributed by atoms with E-state index in [-0.39, 0.29) is 10.8 Å². The first-order valence-corrected chi connectivity index (χ1v) is 7.09. The lowest BCUT2D eigenvalue weighted by molar-refractivity contribution is 0.433. The quantitative estimate of drug-likeness (QED) is 0.653. The molecule has 0 fully saturated rings. The number of halogens is 3. The van der Waals surface area contributed by atoms with Gasteiger partial charge in [-0.25, -0.2) is 0 Å². The van der Waals surface area contributed by atoms with Crippen LogP contribution in [0.15, 0.2) is 47.0 Å². The number of aromatic hydroxyl groups is 1. The van der Waals surface area contributed by atoms with Crippen LogP contribution in [0.5, 0.6) is 5.75 Å². The fraction of sp³-hybridized carbons (Fsp3) is 0. The molecule has 6 heteroatoms. The Morgan fingerprint density at radius 1 is 0.905 bits per heavy atom. The third kappa shape index (κ3) is 2.72. The highest BCUT2D eigenvalue weighted by Crippen LogP contribution is 2.39. The second-order valence-corrected chi connectivity index (χ2v) is 5.59. The first-order chi connectivity index (χ1) is 10.1. The minimum absolute atomic E-state index is 0.0972. The molecule has 0 aliphatic carbocycles. The van der Waals surface area contributed by atoms with Crippen molar-refractivity contribution in [2.24, 2.45) is 0 Å². The summed E-state index contributed by atoms with van der Waals surface area (Å²) < 4.78 is 5.29. The lowest BCUT2D eigenvalue weighted by Gasteiger charge is -2.03. The number of hydrogen-bond donors (Lipinski definition) is 1. The molecule has 0 atom stereocenters. The number of phenolic OH excluding ortho intramolecular Hbond substituents is 1. The average molecular weight is 341 g/mol. The number of benzene rings is 2. The van der Waals surface area contributed by atoms with Gasteiger partial charge < -0.3 is 9.63 Å². The molecule has 0 unspecified atom stereocenters. The molecule has 21 heavy (non-hydrogen) atoms. The van der Waals surface area contributed by atoms with Crippen molar-refractivity contribution in [3.05, 3.63) is 57.5 Å². The van der Waals surface area contributed by atoms with Crippen LogP contribution >= 0.6 is 34.8 Å². The maximum absolute atomic E-state index is 10.0. The summed E-state index contributed by atoms with van der Waals surface area (Å²) in [6.45, 7) is 0. The minimum Gasteiger partial charge on any atom is -0.506 e. The molecule has 0 radical (unpaired) electrons. The molecule has 3 aromatic rings. The lowest BCUT2D eigenvalue weighted by Crippen LogP contribution is -1.80. The monoisotopic (exact) mass is 339 g/mol. The molecule has 0 aliphatic rings. The van der Waals surface area contributed by atoms with Crippen molar-refractivity contribution in [3.63, 3.8) is 0 Å². The van der Waals surface area contributed by atoms with Crippen molar-refractivity contribution in [2.45, 2.75) is 0 Å². The van der Waals surface area contributed by atoms with Gasteiger partial charge in [0, 0.05) is 22.2 Å². The second kappa shape index (κ2) is 5.60. The van der Waals surface area contributed by atoms with Crippen LogP contribution in [0.2, 0.25) is 15.1 Å². The van der Waals surface area contributed by atoms with Crippen LogP contribution in [0.25, 0.3) is 22.6 Å². The zero-order valence-electron chi connectivity index (χ0n) is 10.5. The van der Waals surface area contributed by atoms with Gasteiger partial charge in [-0.2, -0.15) is 0 Å². The highest BCUT2D eigenvalue weighted by molar-refractivity contribution is 6.36. The smallest absolute Gasteiger partial charge is 0.168 e. The van der Waals surface area contributed by atoms with Gasteiger partial charge in [0.1, 0.15) is 11.4 Å². The van der Waals surface area contributed by atoms with E-state index in [1.165, 1.54) is 6.07 Å². The van der Waals surface area contributed by atoms with Gasteiger partial charge in [0.2, 0.25) is 0 Å². The molecular weight excluding hydrogens is 333 g/mol. The van der Waals surface area contributed by atoms with Crippen molar-refractivity contribution < 1.29 is 9.63 Å². The first-order valence-electron chi connectivity index (χ1n) is 5.96. The average Bonchev–Trinajstić information content (AvgIpc) is 2.92. The van der Waals surface area contributed by atoms with E-state index in [1.807, 2.05) is 18.2 Å². The molecule has 2 aromatic carbocycles. The summed E-state index contributed by atoms with van der Waals surface area (Å²) in [7, 11) is 0. The number of aromatic nitrogens is 1. The van der Waals surface area contributed by atoms with Crippen LogP contribution in [-0.4, -0.2) is 10.3 Å². The van der Waals surface area contributed by atoms with Gasteiger partial charge in [-0.15, -0.1) is 0 Å². The third-order valence-corrected chi connectivity index (χ3v) is 3.79. The molecule has 3 nitrogen and oxygen atoms in total. The molecule has 0 spiro atoms. The molecule has 1 aromatic heterocycles. The summed E-state index contributed by atoms with van der Waals surface area (Å²) in [5, 5.41) is 15.0. The molecule has 1 N–H and O–H groups in total. The first kappa shape index (κ1) is 14.3. The van der Waals surface area contributed by atoms with E-state index >= 15 is 0 Å². The molecule has 0 saturated carbocycles. The maximum Gasteiger partial charge on any atom is 0.168 e. The molecule has 3 rings (SSSR count). The van der Waals surface area contributed by atoms with E-state index in [2.05, 4.69) is 5.16 Å². The van der Waals surface area contributed by atoms with E-state index in [0.29, 0.717) is 32.6 Å². The van der Waals surface area contributed by atoms with Gasteiger partial charge in [-0.1, -0.05) is 52.1 Å². The van der Waals surface area contributed by atoms with Crippen molar-refractivity contribution in [2.75, 3.05) is 0 Å². The zero-order valence-corrected chi connectivity index (χ0v) is 12.7. The predicted octanol–water partition coefficient (Wildman–Crippen LogP) is 5.67. The minimum atomic E-state index is -0.0972. The van der Waals surface area contributed by atoms with Gasteiger partial charge >= 0.3 is 0 Å². The Morgan fingerprint density at radius 2 is 1.67 bits per heavy atom. The standard InChI is InChI=1S/C15H8Cl3NO2/c16-8-5-10(15(20)12(18)6-8)13-7-14(21-19-13)9-3-1-2-4-11(9)17/h1-7,20H. The lowest BCUT2D eigenvalue weighted by atomic mass is 10.1. The Morgan fingerprint density at radius 3 is 2.43 bits per heavy atom. The summed E-state index contributed by atoms with van der Waals surface area (Å²) in [6.07, 6.45) is 0. The van der Waals surface area contributed by atoms with Crippen LogP contribution in [0.4, 0.5) is 0 Å². The summed E-state index contributed by atoms with van der Waals surface area (Å²) in [4.78, 5) is 0. The number of rotatable bonds is 2. The zero-order chi connectivity index (χ0) is 15.0. The number of hydrogen-bond acceptors (Lipinski definition) is 3. The Hall–Kier alpha value is -1.68. The largest absolute Gasteiger partial charge is 0.506 e.